The topological polar surface area (TPSA) is 109 Å². The Labute approximate surface area is 200 Å². The van der Waals surface area contributed by atoms with Crippen molar-refractivity contribution in [2.75, 3.05) is 18.8 Å². The normalized spacial score (nSPS) is 15.3. The maximum absolute atomic E-state index is 13.1. The number of rotatable bonds is 7. The van der Waals surface area contributed by atoms with Gasteiger partial charge in [0, 0.05) is 32.0 Å². The van der Waals surface area contributed by atoms with Gasteiger partial charge in [-0.3, -0.25) is 9.48 Å². The van der Waals surface area contributed by atoms with Crippen LogP contribution in [0, 0.1) is 0 Å². The average Bonchev–Trinajstić information content (AvgIpc) is 3.47. The van der Waals surface area contributed by atoms with Crippen molar-refractivity contribution in [3.8, 4) is 0 Å². The van der Waals surface area contributed by atoms with Gasteiger partial charge >= 0.3 is 6.03 Å². The van der Waals surface area contributed by atoms with Crippen LogP contribution in [0.15, 0.2) is 54.7 Å². The summed E-state index contributed by atoms with van der Waals surface area (Å²) in [5, 5.41) is 10.8. The Hall–Kier alpha value is -3.82. The van der Waals surface area contributed by atoms with E-state index >= 15 is 0 Å². The number of nitrogens with one attached hydrogen (secondary N) is 1. The van der Waals surface area contributed by atoms with E-state index in [1.54, 1.807) is 39.9 Å². The molecule has 1 aliphatic heterocycles. The van der Waals surface area contributed by atoms with E-state index in [0.29, 0.717) is 29.9 Å². The van der Waals surface area contributed by atoms with Crippen LogP contribution >= 0.6 is 0 Å². The van der Waals surface area contributed by atoms with Gasteiger partial charge in [0.15, 0.2) is 0 Å². The molecule has 34 heavy (non-hydrogen) atoms. The van der Waals surface area contributed by atoms with Crippen LogP contribution in [0.3, 0.4) is 0 Å². The Kier molecular flexibility index (Phi) is 7.15. The van der Waals surface area contributed by atoms with Gasteiger partial charge in [-0.15, -0.1) is 5.10 Å². The predicted molar refractivity (Wildman–Crippen MR) is 130 cm³/mol. The lowest BCUT2D eigenvalue weighted by molar-refractivity contribution is -0.131. The Morgan fingerprint density at radius 3 is 2.65 bits per heavy atom. The minimum absolute atomic E-state index is 0.0731. The van der Waals surface area contributed by atoms with Crippen LogP contribution < -0.4 is 16.5 Å². The highest BCUT2D eigenvalue weighted by atomic mass is 16.2. The van der Waals surface area contributed by atoms with Crippen molar-refractivity contribution in [1.82, 2.24) is 30.1 Å². The molecule has 1 aromatic heterocycles. The maximum atomic E-state index is 13.1. The van der Waals surface area contributed by atoms with Gasteiger partial charge in [0.2, 0.25) is 5.91 Å². The average molecular weight is 457 g/mol. The number of urea groups is 1. The molecule has 4 rings (SSSR count). The first-order valence-corrected chi connectivity index (χ1v) is 11.3. The summed E-state index contributed by atoms with van der Waals surface area (Å²) in [7, 11) is 7.92. The number of aromatic nitrogens is 3. The Balaban J connectivity index is 1.42. The maximum Gasteiger partial charge on any atom is 0.318 e. The number of aryl methyl sites for hydroxylation is 1. The van der Waals surface area contributed by atoms with E-state index in [1.165, 1.54) is 0 Å². The van der Waals surface area contributed by atoms with Crippen LogP contribution in [0.1, 0.15) is 35.7 Å². The summed E-state index contributed by atoms with van der Waals surface area (Å²) in [5.41, 5.74) is 9.63. The van der Waals surface area contributed by atoms with Gasteiger partial charge in [-0.1, -0.05) is 47.1 Å². The van der Waals surface area contributed by atoms with E-state index in [2.05, 4.69) is 15.6 Å². The van der Waals surface area contributed by atoms with Crippen molar-refractivity contribution < 1.29 is 9.59 Å². The zero-order chi connectivity index (χ0) is 24.1. The van der Waals surface area contributed by atoms with Crippen molar-refractivity contribution in [3.63, 3.8) is 0 Å². The minimum atomic E-state index is -0.356. The second-order valence-electron chi connectivity index (χ2n) is 8.51. The molecule has 0 saturated carbocycles. The van der Waals surface area contributed by atoms with Crippen molar-refractivity contribution in [2.45, 2.75) is 32.0 Å². The van der Waals surface area contributed by atoms with Crippen LogP contribution in [0.4, 0.5) is 10.5 Å². The number of nitrogen functional groups attached to an aromatic ring is 1. The highest BCUT2D eigenvalue weighted by Gasteiger charge is 2.30. The van der Waals surface area contributed by atoms with E-state index in [1.807, 2.05) is 36.4 Å². The first-order chi connectivity index (χ1) is 16.4. The second kappa shape index (κ2) is 10.4. The van der Waals surface area contributed by atoms with Gasteiger partial charge in [-0.2, -0.15) is 0 Å². The SMILES string of the molecule is [B]c1ccccc1C1CCCN1C(=O)CNC(=O)N(Cc1ccc(N)cc1)Cc1cn(C)nn1. The second-order valence-corrected chi connectivity index (χ2v) is 8.51. The lowest BCUT2D eigenvalue weighted by Gasteiger charge is -2.27. The molecule has 1 atom stereocenters. The fourth-order valence-electron chi connectivity index (χ4n) is 4.27. The molecule has 3 amide bonds. The fourth-order valence-corrected chi connectivity index (χ4v) is 4.27. The number of hydrogen-bond donors (Lipinski definition) is 2. The zero-order valence-corrected chi connectivity index (χ0v) is 19.2. The van der Waals surface area contributed by atoms with Crippen LogP contribution in [-0.2, 0) is 24.9 Å². The van der Waals surface area contributed by atoms with E-state index in [0.717, 1.165) is 24.0 Å². The number of nitrogens with two attached hydrogens (primary N) is 1. The smallest absolute Gasteiger partial charge is 0.318 e. The number of likely N-dealkylation sites (tertiary alicyclic amines) is 1. The summed E-state index contributed by atoms with van der Waals surface area (Å²) in [5.74, 6) is -0.133. The van der Waals surface area contributed by atoms with Crippen molar-refractivity contribution in [2.24, 2.45) is 7.05 Å². The summed E-state index contributed by atoms with van der Waals surface area (Å²) >= 11 is 0. The monoisotopic (exact) mass is 457 g/mol. The largest absolute Gasteiger partial charge is 0.399 e. The molecule has 9 nitrogen and oxygen atoms in total. The molecule has 0 bridgehead atoms. The third-order valence-electron chi connectivity index (χ3n) is 5.96. The molecule has 1 aliphatic rings. The quantitative estimate of drug-likeness (QED) is 0.410. The molecule has 1 fully saturated rings. The van der Waals surface area contributed by atoms with Crippen LogP contribution in [0.5, 0.6) is 0 Å². The molecule has 3 N–H and O–H groups in total. The summed E-state index contributed by atoms with van der Waals surface area (Å²) in [6.45, 7) is 1.14. The number of benzene rings is 2. The molecule has 174 valence electrons. The lowest BCUT2D eigenvalue weighted by Crippen LogP contribution is -2.45. The molecular weight excluding hydrogens is 429 g/mol. The molecule has 2 aromatic carbocycles. The summed E-state index contributed by atoms with van der Waals surface area (Å²) < 4.78 is 1.58. The highest BCUT2D eigenvalue weighted by Crippen LogP contribution is 2.30. The van der Waals surface area contributed by atoms with E-state index < -0.39 is 0 Å². The summed E-state index contributed by atoms with van der Waals surface area (Å²) in [6.07, 6.45) is 3.51. The number of amides is 3. The minimum Gasteiger partial charge on any atom is -0.399 e. The number of hydrogen-bond acceptors (Lipinski definition) is 5. The lowest BCUT2D eigenvalue weighted by atomic mass is 9.86. The molecule has 3 aromatic rings. The van der Waals surface area contributed by atoms with Crippen LogP contribution in [0.25, 0.3) is 0 Å². The molecule has 2 radical (unpaired) electrons. The summed E-state index contributed by atoms with van der Waals surface area (Å²) in [4.78, 5) is 29.5. The van der Waals surface area contributed by atoms with Gasteiger partial charge in [0.05, 0.1) is 19.1 Å². The third-order valence-corrected chi connectivity index (χ3v) is 5.96. The molecule has 1 saturated heterocycles. The van der Waals surface area contributed by atoms with E-state index in [9.17, 15) is 9.59 Å². The first-order valence-electron chi connectivity index (χ1n) is 11.3. The molecule has 2 heterocycles. The predicted octanol–water partition coefficient (Wildman–Crippen LogP) is 1.27. The zero-order valence-electron chi connectivity index (χ0n) is 19.2. The van der Waals surface area contributed by atoms with E-state index in [-0.39, 0.29) is 31.1 Å². The number of carbonyl (C=O) groups is 2. The number of anilines is 1. The standard InChI is InChI=1S/C24H28BN7O2/c1-30-15-19(28-29-30)16-31(14-17-8-10-18(26)11-9-17)24(34)27-13-23(33)32-12-4-7-22(32)20-5-2-3-6-21(20)25/h2-3,5-6,8-11,15,22H,4,7,12-14,16,26H2,1H3,(H,27,34). The van der Waals surface area contributed by atoms with Gasteiger partial charge in [-0.25, -0.2) is 4.79 Å². The Morgan fingerprint density at radius 2 is 1.94 bits per heavy atom. The fraction of sp³-hybridized carbons (Fsp3) is 0.333. The molecule has 0 aliphatic carbocycles. The van der Waals surface area contributed by atoms with E-state index in [4.69, 9.17) is 13.6 Å². The molecule has 10 heteroatoms. The van der Waals surface area contributed by atoms with Crippen molar-refractivity contribution >= 4 is 30.9 Å². The highest BCUT2D eigenvalue weighted by molar-refractivity contribution is 6.33. The summed E-state index contributed by atoms with van der Waals surface area (Å²) in [6, 6.07) is 14.5. The van der Waals surface area contributed by atoms with Gasteiger partial charge in [-0.05, 0) is 36.1 Å². The molecular formula is C24H28BN7O2. The van der Waals surface area contributed by atoms with Crippen LogP contribution in [-0.4, -0.2) is 57.7 Å². The number of carbonyl (C=O) groups excluding carboxylic acids is 2. The van der Waals surface area contributed by atoms with Crippen LogP contribution in [0.2, 0.25) is 0 Å². The molecule has 1 unspecified atom stereocenters. The Bertz CT molecular complexity index is 1150. The first kappa shape index (κ1) is 23.3. The molecule has 0 spiro atoms. The van der Waals surface area contributed by atoms with Crippen molar-refractivity contribution in [1.29, 1.82) is 0 Å². The third kappa shape index (κ3) is 5.56. The van der Waals surface area contributed by atoms with Crippen molar-refractivity contribution in [3.05, 3.63) is 71.5 Å². The van der Waals surface area contributed by atoms with Gasteiger partial charge in [0.25, 0.3) is 0 Å². The van der Waals surface area contributed by atoms with Gasteiger partial charge in [0.1, 0.15) is 13.5 Å². The number of nitrogens with zero attached hydrogens (tertiary/aromatic N) is 5. The van der Waals surface area contributed by atoms with Gasteiger partial charge < -0.3 is 20.9 Å². The Morgan fingerprint density at radius 1 is 1.18 bits per heavy atom.